The Balaban J connectivity index is 1.58. The number of phenolic OH excluding ortho intramolecular Hbond substituents is 1. The summed E-state index contributed by atoms with van der Waals surface area (Å²) in [4.78, 5) is 34.4. The Morgan fingerprint density at radius 1 is 0.939 bits per heavy atom. The molecule has 7 heteroatoms. The summed E-state index contributed by atoms with van der Waals surface area (Å²) in [7, 11) is 1.47. The number of phenols is 1. The Morgan fingerprint density at radius 2 is 1.67 bits per heavy atom. The normalized spacial score (nSPS) is 22.1. The maximum atomic E-state index is 13.7. The van der Waals surface area contributed by atoms with E-state index in [9.17, 15) is 14.7 Å². The highest BCUT2D eigenvalue weighted by atomic mass is 16.7. The second kappa shape index (κ2) is 8.26. The molecule has 0 aromatic heterocycles. The summed E-state index contributed by atoms with van der Waals surface area (Å²) in [5, 5.41) is 11.7. The quantitative estimate of drug-likeness (QED) is 0.599. The minimum Gasteiger partial charge on any atom is -0.504 e. The van der Waals surface area contributed by atoms with Gasteiger partial charge in [0.2, 0.25) is 5.91 Å². The molecule has 0 radical (unpaired) electrons. The molecule has 0 aliphatic carbocycles. The fourth-order valence-electron chi connectivity index (χ4n) is 4.57. The molecule has 2 aliphatic heterocycles. The first-order valence-electron chi connectivity index (χ1n) is 10.9. The summed E-state index contributed by atoms with van der Waals surface area (Å²) in [5.74, 6) is -1.17. The van der Waals surface area contributed by atoms with Gasteiger partial charge in [0.15, 0.2) is 17.6 Å². The first-order valence-corrected chi connectivity index (χ1v) is 10.9. The molecule has 168 valence electrons. The predicted octanol–water partition coefficient (Wildman–Crippen LogP) is 4.01. The van der Waals surface area contributed by atoms with Gasteiger partial charge in [0.1, 0.15) is 5.92 Å². The van der Waals surface area contributed by atoms with E-state index in [2.05, 4.69) is 0 Å². The van der Waals surface area contributed by atoms with Gasteiger partial charge < -0.3 is 9.84 Å². The van der Waals surface area contributed by atoms with E-state index in [1.54, 1.807) is 29.3 Å². The van der Waals surface area contributed by atoms with Gasteiger partial charge in [-0.3, -0.25) is 14.4 Å². The van der Waals surface area contributed by atoms with E-state index in [0.29, 0.717) is 11.3 Å². The molecule has 1 N–H and O–H groups in total. The number of anilines is 2. The second-order valence-electron chi connectivity index (χ2n) is 8.12. The van der Waals surface area contributed by atoms with E-state index < -0.39 is 18.1 Å². The number of hydroxylamine groups is 1. The largest absolute Gasteiger partial charge is 0.504 e. The van der Waals surface area contributed by atoms with Gasteiger partial charge in [-0.05, 0) is 53.9 Å². The highest BCUT2D eigenvalue weighted by Crippen LogP contribution is 2.48. The van der Waals surface area contributed by atoms with Gasteiger partial charge in [0, 0.05) is 0 Å². The number of nitrogens with zero attached hydrogens (tertiary/aromatic N) is 2. The summed E-state index contributed by atoms with van der Waals surface area (Å²) in [6.45, 7) is 2.05. The lowest BCUT2D eigenvalue weighted by atomic mass is 9.90. The van der Waals surface area contributed by atoms with Crippen LogP contribution in [0.5, 0.6) is 11.5 Å². The van der Waals surface area contributed by atoms with Crippen molar-refractivity contribution in [3.8, 4) is 11.5 Å². The molecule has 0 saturated carbocycles. The van der Waals surface area contributed by atoms with Crippen LogP contribution in [0, 0.1) is 5.92 Å². The van der Waals surface area contributed by atoms with Gasteiger partial charge in [-0.2, -0.15) is 0 Å². The molecule has 0 bridgehead atoms. The Morgan fingerprint density at radius 3 is 2.33 bits per heavy atom. The number of hydrogen-bond donors (Lipinski definition) is 1. The third kappa shape index (κ3) is 3.41. The molecule has 33 heavy (non-hydrogen) atoms. The summed E-state index contributed by atoms with van der Waals surface area (Å²) in [6, 6.07) is 21.1. The number of rotatable bonds is 5. The Kier molecular flexibility index (Phi) is 5.26. The molecule has 0 unspecified atom stereocenters. The van der Waals surface area contributed by atoms with Crippen LogP contribution >= 0.6 is 0 Å². The smallest absolute Gasteiger partial charge is 0.266 e. The first-order chi connectivity index (χ1) is 16.0. The Hall–Kier alpha value is -3.84. The minimum absolute atomic E-state index is 0.00515. The number of hydrogen-bond acceptors (Lipinski definition) is 6. The van der Waals surface area contributed by atoms with Crippen molar-refractivity contribution in [2.24, 2.45) is 5.92 Å². The van der Waals surface area contributed by atoms with Gasteiger partial charge in [0.25, 0.3) is 5.91 Å². The minimum atomic E-state index is -0.951. The van der Waals surface area contributed by atoms with E-state index >= 15 is 0 Å². The zero-order chi connectivity index (χ0) is 23.1. The molecule has 2 heterocycles. The molecule has 3 aromatic rings. The number of para-hydroxylation sites is 1. The molecule has 2 saturated heterocycles. The van der Waals surface area contributed by atoms with Gasteiger partial charge >= 0.3 is 0 Å². The van der Waals surface area contributed by atoms with E-state index in [0.717, 1.165) is 17.7 Å². The van der Waals surface area contributed by atoms with Crippen molar-refractivity contribution in [1.29, 1.82) is 0 Å². The fourth-order valence-corrected chi connectivity index (χ4v) is 4.57. The number of imide groups is 1. The summed E-state index contributed by atoms with van der Waals surface area (Å²) in [6.07, 6.45) is -0.0822. The molecule has 2 aliphatic rings. The van der Waals surface area contributed by atoms with Gasteiger partial charge in [0.05, 0.1) is 24.5 Å². The lowest BCUT2D eigenvalue weighted by Crippen LogP contribution is -2.37. The topological polar surface area (TPSA) is 79.3 Å². The van der Waals surface area contributed by atoms with Crippen molar-refractivity contribution in [1.82, 2.24) is 0 Å². The van der Waals surface area contributed by atoms with Gasteiger partial charge in [-0.25, -0.2) is 9.96 Å². The molecule has 2 fully saturated rings. The van der Waals surface area contributed by atoms with E-state index in [4.69, 9.17) is 9.57 Å². The maximum Gasteiger partial charge on any atom is 0.266 e. The van der Waals surface area contributed by atoms with E-state index in [1.165, 1.54) is 18.1 Å². The summed E-state index contributed by atoms with van der Waals surface area (Å²) >= 11 is 0. The average molecular weight is 444 g/mol. The average Bonchev–Trinajstić information content (AvgIpc) is 3.36. The molecule has 2 amide bonds. The number of fused-ring (bicyclic) bond motifs is 1. The zero-order valence-electron chi connectivity index (χ0n) is 18.3. The van der Waals surface area contributed by atoms with Crippen molar-refractivity contribution in [2.45, 2.75) is 25.5 Å². The number of aromatic hydroxyl groups is 1. The lowest BCUT2D eigenvalue weighted by molar-refractivity contribution is -0.126. The molecule has 0 spiro atoms. The SMILES string of the molecule is CCc1ccc(N2C(=O)[C@@H]3[C@@H](c4ccc(O)c(OC)c4)N(c4ccccc4)O[C@H]3C2=O)cc1. The second-order valence-corrected chi connectivity index (χ2v) is 8.12. The molecule has 3 atom stereocenters. The van der Waals surface area contributed by atoms with Crippen molar-refractivity contribution < 1.29 is 24.3 Å². The van der Waals surface area contributed by atoms with Crippen LogP contribution in [0.1, 0.15) is 24.1 Å². The number of carbonyl (C=O) groups excluding carboxylic acids is 2. The third-order valence-electron chi connectivity index (χ3n) is 6.27. The van der Waals surface area contributed by atoms with Crippen LogP contribution in [-0.2, 0) is 20.8 Å². The van der Waals surface area contributed by atoms with Crippen LogP contribution < -0.4 is 14.7 Å². The standard InChI is InChI=1S/C26H24N2O5/c1-3-16-9-12-18(13-10-16)27-25(30)22-23(17-11-14-20(29)21(15-17)32-2)28(33-24(22)26(27)31)19-7-5-4-6-8-19/h4-15,22-24,29H,3H2,1-2H3/t22-,23-,24-/m1/s1. The molecule has 3 aromatic carbocycles. The molecule has 7 nitrogen and oxygen atoms in total. The summed E-state index contributed by atoms with van der Waals surface area (Å²) < 4.78 is 5.29. The highest BCUT2D eigenvalue weighted by molar-refractivity contribution is 6.23. The van der Waals surface area contributed by atoms with Crippen molar-refractivity contribution in [3.63, 3.8) is 0 Å². The van der Waals surface area contributed by atoms with Gasteiger partial charge in [-0.1, -0.05) is 43.3 Å². The predicted molar refractivity (Wildman–Crippen MR) is 123 cm³/mol. The van der Waals surface area contributed by atoms with Crippen molar-refractivity contribution in [2.75, 3.05) is 17.1 Å². The van der Waals surface area contributed by atoms with Crippen LogP contribution in [0.3, 0.4) is 0 Å². The maximum absolute atomic E-state index is 13.7. The summed E-state index contributed by atoms with van der Waals surface area (Å²) in [5.41, 5.74) is 3.08. The lowest BCUT2D eigenvalue weighted by Gasteiger charge is -2.29. The molecular formula is C26H24N2O5. The number of ether oxygens (including phenoxy) is 1. The number of aryl methyl sites for hydroxylation is 1. The van der Waals surface area contributed by atoms with Crippen molar-refractivity contribution in [3.05, 3.63) is 83.9 Å². The molecule has 5 rings (SSSR count). The number of methoxy groups -OCH3 is 1. The molecular weight excluding hydrogens is 420 g/mol. The monoisotopic (exact) mass is 444 g/mol. The number of amides is 2. The Labute approximate surface area is 191 Å². The highest BCUT2D eigenvalue weighted by Gasteiger charge is 2.60. The van der Waals surface area contributed by atoms with Gasteiger partial charge in [-0.15, -0.1) is 0 Å². The van der Waals surface area contributed by atoms with Crippen LogP contribution in [0.25, 0.3) is 0 Å². The number of benzene rings is 3. The first kappa shape index (κ1) is 21.0. The van der Waals surface area contributed by atoms with E-state index in [1.807, 2.05) is 49.4 Å². The number of carbonyl (C=O) groups is 2. The fraction of sp³-hybridized carbons (Fsp3) is 0.231. The third-order valence-corrected chi connectivity index (χ3v) is 6.27. The zero-order valence-corrected chi connectivity index (χ0v) is 18.3. The Bertz CT molecular complexity index is 1200. The van der Waals surface area contributed by atoms with Crippen LogP contribution in [-0.4, -0.2) is 30.1 Å². The van der Waals surface area contributed by atoms with Crippen LogP contribution in [0.2, 0.25) is 0 Å². The van der Waals surface area contributed by atoms with Crippen LogP contribution in [0.15, 0.2) is 72.8 Å². The van der Waals surface area contributed by atoms with E-state index in [-0.39, 0.29) is 23.3 Å². The van der Waals surface area contributed by atoms with Crippen LogP contribution in [0.4, 0.5) is 11.4 Å². The van der Waals surface area contributed by atoms with Crippen molar-refractivity contribution >= 4 is 23.2 Å².